The first-order chi connectivity index (χ1) is 7.63. The Labute approximate surface area is 94.0 Å². The highest BCUT2D eigenvalue weighted by atomic mass is 16.5. The van der Waals surface area contributed by atoms with E-state index in [2.05, 4.69) is 6.58 Å². The minimum absolute atomic E-state index is 0.0285. The van der Waals surface area contributed by atoms with Crippen LogP contribution in [0.3, 0.4) is 0 Å². The van der Waals surface area contributed by atoms with Gasteiger partial charge in [0, 0.05) is 5.57 Å². The van der Waals surface area contributed by atoms with Gasteiger partial charge in [-0.2, -0.15) is 0 Å². The van der Waals surface area contributed by atoms with E-state index in [1.165, 1.54) is 13.0 Å². The molecule has 0 amide bonds. The second kappa shape index (κ2) is 5.66. The van der Waals surface area contributed by atoms with Crippen molar-refractivity contribution in [2.75, 3.05) is 0 Å². The van der Waals surface area contributed by atoms with Crippen LogP contribution in [0.1, 0.15) is 12.5 Å². The van der Waals surface area contributed by atoms with Crippen molar-refractivity contribution in [1.82, 2.24) is 0 Å². The van der Waals surface area contributed by atoms with Crippen LogP contribution in [0.2, 0.25) is 0 Å². The Balaban J connectivity index is 2.83. The summed E-state index contributed by atoms with van der Waals surface area (Å²) < 4.78 is 4.82. The van der Waals surface area contributed by atoms with Gasteiger partial charge in [-0.1, -0.05) is 36.9 Å². The molecule has 0 N–H and O–H groups in total. The largest absolute Gasteiger partial charge is 0.420 e. The molecule has 0 spiro atoms. The Kier molecular flexibility index (Phi) is 4.21. The van der Waals surface area contributed by atoms with Gasteiger partial charge in [0.1, 0.15) is 0 Å². The molecule has 3 nitrogen and oxygen atoms in total. The number of hydrogen-bond acceptors (Lipinski definition) is 3. The lowest BCUT2D eigenvalue weighted by atomic mass is 10.2. The molecule has 0 unspecified atom stereocenters. The molecule has 0 bridgehead atoms. The first kappa shape index (κ1) is 11.9. The van der Waals surface area contributed by atoms with Crippen LogP contribution >= 0.6 is 0 Å². The number of carbonyl (C=O) groups excluding carboxylic acids is 2. The van der Waals surface area contributed by atoms with Crippen molar-refractivity contribution in [3.05, 3.63) is 53.8 Å². The van der Waals surface area contributed by atoms with Gasteiger partial charge in [-0.25, -0.2) is 4.79 Å². The molecule has 3 heteroatoms. The van der Waals surface area contributed by atoms with Gasteiger partial charge in [-0.3, -0.25) is 4.79 Å². The van der Waals surface area contributed by atoms with Gasteiger partial charge in [0.2, 0.25) is 0 Å². The zero-order valence-corrected chi connectivity index (χ0v) is 8.97. The van der Waals surface area contributed by atoms with Crippen LogP contribution in [0.25, 0.3) is 6.08 Å². The van der Waals surface area contributed by atoms with Gasteiger partial charge >= 0.3 is 5.97 Å². The normalized spacial score (nSPS) is 10.7. The quantitative estimate of drug-likeness (QED) is 0.336. The topological polar surface area (TPSA) is 43.4 Å². The van der Waals surface area contributed by atoms with Crippen molar-refractivity contribution < 1.29 is 14.3 Å². The molecule has 0 saturated carbocycles. The van der Waals surface area contributed by atoms with Crippen LogP contribution < -0.4 is 0 Å². The lowest BCUT2D eigenvalue weighted by Gasteiger charge is -2.02. The number of carbonyl (C=O) groups is 2. The molecule has 0 aliphatic carbocycles. The highest BCUT2D eigenvalue weighted by Crippen LogP contribution is 2.07. The Morgan fingerprint density at radius 3 is 2.44 bits per heavy atom. The molecule has 82 valence electrons. The summed E-state index contributed by atoms with van der Waals surface area (Å²) in [5, 5.41) is 0. The van der Waals surface area contributed by atoms with Gasteiger partial charge in [0.05, 0.1) is 0 Å². The number of aldehydes is 1. The minimum atomic E-state index is -0.603. The summed E-state index contributed by atoms with van der Waals surface area (Å²) in [5.74, 6) is -0.631. The van der Waals surface area contributed by atoms with E-state index in [9.17, 15) is 9.59 Å². The number of allylic oxidation sites excluding steroid dienone is 1. The summed E-state index contributed by atoms with van der Waals surface area (Å²) in [4.78, 5) is 21.9. The Hall–Kier alpha value is -2.16. The third-order valence-electron chi connectivity index (χ3n) is 1.78. The third-order valence-corrected chi connectivity index (χ3v) is 1.78. The zero-order valence-electron chi connectivity index (χ0n) is 8.97. The van der Waals surface area contributed by atoms with Gasteiger partial charge in [0.25, 0.3) is 0 Å². The SMILES string of the molecule is C=C(C)C(=O)OC(C=O)=Cc1ccccc1. The molecule has 0 radical (unpaired) electrons. The van der Waals surface area contributed by atoms with Crippen molar-refractivity contribution in [3.63, 3.8) is 0 Å². The van der Waals surface area contributed by atoms with Crippen LogP contribution in [0, 0.1) is 0 Å². The van der Waals surface area contributed by atoms with Crippen molar-refractivity contribution >= 4 is 18.3 Å². The number of rotatable bonds is 4. The predicted octanol–water partition coefficient (Wildman–Crippen LogP) is 2.35. The molecule has 0 heterocycles. The molecular weight excluding hydrogens is 204 g/mol. The molecule has 0 aliphatic heterocycles. The summed E-state index contributed by atoms with van der Waals surface area (Å²) in [7, 11) is 0. The molecule has 1 aromatic rings. The number of ether oxygens (including phenoxy) is 1. The third kappa shape index (κ3) is 3.53. The Morgan fingerprint density at radius 2 is 1.94 bits per heavy atom. The fraction of sp³-hybridized carbons (Fsp3) is 0.0769. The highest BCUT2D eigenvalue weighted by Gasteiger charge is 2.06. The van der Waals surface area contributed by atoms with E-state index in [0.717, 1.165) is 5.56 Å². The van der Waals surface area contributed by atoms with Crippen molar-refractivity contribution in [2.45, 2.75) is 6.92 Å². The van der Waals surface area contributed by atoms with Gasteiger partial charge in [0.15, 0.2) is 12.0 Å². The average Bonchev–Trinajstić information content (AvgIpc) is 2.29. The summed E-state index contributed by atoms with van der Waals surface area (Å²) in [5.41, 5.74) is 1.04. The summed E-state index contributed by atoms with van der Waals surface area (Å²) in [6.45, 7) is 4.95. The first-order valence-corrected chi connectivity index (χ1v) is 4.73. The van der Waals surface area contributed by atoms with Gasteiger partial charge in [-0.05, 0) is 18.6 Å². The van der Waals surface area contributed by atoms with Gasteiger partial charge in [-0.15, -0.1) is 0 Å². The molecule has 16 heavy (non-hydrogen) atoms. The van der Waals surface area contributed by atoms with Crippen LogP contribution in [0.4, 0.5) is 0 Å². The van der Waals surface area contributed by atoms with E-state index in [1.807, 2.05) is 18.2 Å². The molecule has 0 saturated heterocycles. The van der Waals surface area contributed by atoms with Crippen LogP contribution in [-0.2, 0) is 14.3 Å². The predicted molar refractivity (Wildman–Crippen MR) is 61.4 cm³/mol. The maximum Gasteiger partial charge on any atom is 0.338 e. The van der Waals surface area contributed by atoms with Crippen molar-refractivity contribution in [1.29, 1.82) is 0 Å². The molecule has 1 aromatic carbocycles. The maximum atomic E-state index is 11.2. The van der Waals surface area contributed by atoms with E-state index < -0.39 is 5.97 Å². The fourth-order valence-electron chi connectivity index (χ4n) is 0.995. The number of benzene rings is 1. The minimum Gasteiger partial charge on any atom is -0.420 e. The second-order valence-electron chi connectivity index (χ2n) is 3.25. The van der Waals surface area contributed by atoms with E-state index in [4.69, 9.17) is 4.74 Å². The van der Waals surface area contributed by atoms with E-state index in [0.29, 0.717) is 6.29 Å². The second-order valence-corrected chi connectivity index (χ2v) is 3.25. The molecular formula is C13H12O3. The van der Waals surface area contributed by atoms with Gasteiger partial charge < -0.3 is 4.74 Å². The lowest BCUT2D eigenvalue weighted by molar-refractivity contribution is -0.136. The first-order valence-electron chi connectivity index (χ1n) is 4.73. The Bertz CT molecular complexity index is 430. The fourth-order valence-corrected chi connectivity index (χ4v) is 0.995. The molecule has 0 atom stereocenters. The van der Waals surface area contributed by atoms with E-state index >= 15 is 0 Å². The van der Waals surface area contributed by atoms with E-state index in [1.54, 1.807) is 12.1 Å². The zero-order chi connectivity index (χ0) is 12.0. The van der Waals surface area contributed by atoms with Crippen molar-refractivity contribution in [2.24, 2.45) is 0 Å². The van der Waals surface area contributed by atoms with Crippen LogP contribution in [-0.4, -0.2) is 12.3 Å². The smallest absolute Gasteiger partial charge is 0.338 e. The average molecular weight is 216 g/mol. The monoisotopic (exact) mass is 216 g/mol. The lowest BCUT2D eigenvalue weighted by Crippen LogP contribution is -2.05. The number of hydrogen-bond donors (Lipinski definition) is 0. The van der Waals surface area contributed by atoms with Crippen molar-refractivity contribution in [3.8, 4) is 0 Å². The summed E-state index contributed by atoms with van der Waals surface area (Å²) in [6.07, 6.45) is 1.99. The standard InChI is InChI=1S/C13H12O3/c1-10(2)13(15)16-12(9-14)8-11-6-4-3-5-7-11/h3-9H,1H2,2H3. The highest BCUT2D eigenvalue weighted by molar-refractivity contribution is 5.92. The molecule has 1 rings (SSSR count). The van der Waals surface area contributed by atoms with Crippen LogP contribution in [0.5, 0.6) is 0 Å². The molecule has 0 aromatic heterocycles. The van der Waals surface area contributed by atoms with E-state index in [-0.39, 0.29) is 11.3 Å². The molecule has 0 aliphatic rings. The maximum absolute atomic E-state index is 11.2. The Morgan fingerprint density at radius 1 is 1.31 bits per heavy atom. The van der Waals surface area contributed by atoms with Crippen LogP contribution in [0.15, 0.2) is 48.2 Å². The number of esters is 1. The molecule has 0 fully saturated rings. The summed E-state index contributed by atoms with van der Waals surface area (Å²) >= 11 is 0. The summed E-state index contributed by atoms with van der Waals surface area (Å²) in [6, 6.07) is 9.12.